The summed E-state index contributed by atoms with van der Waals surface area (Å²) in [6.45, 7) is 5.33. The summed E-state index contributed by atoms with van der Waals surface area (Å²) in [5.41, 5.74) is 2.79. The molecule has 1 saturated carbocycles. The second kappa shape index (κ2) is 10.9. The number of hydrogen-bond donors (Lipinski definition) is 0. The van der Waals surface area contributed by atoms with Crippen molar-refractivity contribution in [3.8, 4) is 11.4 Å². The van der Waals surface area contributed by atoms with Crippen molar-refractivity contribution in [3.63, 3.8) is 0 Å². The molecule has 2 aliphatic rings. The van der Waals surface area contributed by atoms with Crippen molar-refractivity contribution in [2.75, 3.05) is 44.2 Å². The number of nitrogens with zero attached hydrogens (tertiary/aromatic N) is 4. The molecular weight excluding hydrogens is 424 g/mol. The standard InChI is InChI=1S/C28H34N4O2/c33-28-27(34-22-24-11-7-8-12-24)26(21-29-32(28)25-13-5-2-6-14-25)31-19-17-30(18-20-31)16-15-23-9-3-1-4-10-23/h1-6,9-10,13-14,21,24H,7-8,11-12,15-20,22H2. The van der Waals surface area contributed by atoms with E-state index in [9.17, 15) is 4.79 Å². The lowest BCUT2D eigenvalue weighted by molar-refractivity contribution is 0.242. The van der Waals surface area contributed by atoms with Gasteiger partial charge in [0.05, 0.1) is 18.5 Å². The number of piperazine rings is 1. The van der Waals surface area contributed by atoms with Gasteiger partial charge in [-0.25, -0.2) is 0 Å². The Morgan fingerprint density at radius 1 is 0.882 bits per heavy atom. The summed E-state index contributed by atoms with van der Waals surface area (Å²) < 4.78 is 7.73. The Balaban J connectivity index is 1.31. The minimum Gasteiger partial charge on any atom is -0.486 e. The third kappa shape index (κ3) is 5.33. The predicted molar refractivity (Wildman–Crippen MR) is 136 cm³/mol. The zero-order valence-corrected chi connectivity index (χ0v) is 19.8. The van der Waals surface area contributed by atoms with Crippen LogP contribution in [0, 0.1) is 5.92 Å². The first-order chi connectivity index (χ1) is 16.8. The molecule has 1 aliphatic heterocycles. The summed E-state index contributed by atoms with van der Waals surface area (Å²) in [5.74, 6) is 0.990. The molecule has 3 aromatic rings. The van der Waals surface area contributed by atoms with Crippen LogP contribution in [-0.4, -0.2) is 54.0 Å². The molecule has 0 spiro atoms. The van der Waals surface area contributed by atoms with Crippen LogP contribution in [0.1, 0.15) is 31.2 Å². The van der Waals surface area contributed by atoms with E-state index in [2.05, 4.69) is 45.2 Å². The van der Waals surface area contributed by atoms with Crippen LogP contribution in [0.4, 0.5) is 5.69 Å². The smallest absolute Gasteiger partial charge is 0.316 e. The normalized spacial score (nSPS) is 17.2. The summed E-state index contributed by atoms with van der Waals surface area (Å²) in [4.78, 5) is 18.3. The number of rotatable bonds is 8. The maximum Gasteiger partial charge on any atom is 0.316 e. The molecule has 5 rings (SSSR count). The van der Waals surface area contributed by atoms with E-state index in [0.29, 0.717) is 18.3 Å². The molecule has 2 aromatic carbocycles. The highest BCUT2D eigenvalue weighted by Gasteiger charge is 2.25. The van der Waals surface area contributed by atoms with Gasteiger partial charge in [0, 0.05) is 32.7 Å². The van der Waals surface area contributed by atoms with Gasteiger partial charge in [-0.3, -0.25) is 9.69 Å². The van der Waals surface area contributed by atoms with Gasteiger partial charge >= 0.3 is 5.56 Å². The number of benzene rings is 2. The Bertz CT molecular complexity index is 1100. The van der Waals surface area contributed by atoms with Crippen LogP contribution in [0.2, 0.25) is 0 Å². The molecule has 1 aliphatic carbocycles. The fraction of sp³-hybridized carbons (Fsp3) is 0.429. The molecule has 178 valence electrons. The topological polar surface area (TPSA) is 50.6 Å². The van der Waals surface area contributed by atoms with Crippen LogP contribution in [0.15, 0.2) is 71.7 Å². The number of ether oxygens (including phenoxy) is 1. The first-order valence-corrected chi connectivity index (χ1v) is 12.6. The fourth-order valence-corrected chi connectivity index (χ4v) is 5.07. The quantitative estimate of drug-likeness (QED) is 0.507. The van der Waals surface area contributed by atoms with Gasteiger partial charge in [-0.05, 0) is 42.9 Å². The van der Waals surface area contributed by atoms with E-state index in [0.717, 1.165) is 50.5 Å². The van der Waals surface area contributed by atoms with Gasteiger partial charge in [0.2, 0.25) is 5.75 Å². The number of para-hydroxylation sites is 1. The van der Waals surface area contributed by atoms with Gasteiger partial charge in [-0.2, -0.15) is 9.78 Å². The first kappa shape index (κ1) is 22.7. The average molecular weight is 459 g/mol. The van der Waals surface area contributed by atoms with Crippen molar-refractivity contribution in [1.29, 1.82) is 0 Å². The maximum absolute atomic E-state index is 13.5. The van der Waals surface area contributed by atoms with E-state index in [-0.39, 0.29) is 5.56 Å². The van der Waals surface area contributed by atoms with Crippen LogP contribution in [0.5, 0.6) is 5.75 Å². The highest BCUT2D eigenvalue weighted by atomic mass is 16.5. The van der Waals surface area contributed by atoms with Gasteiger partial charge in [0.15, 0.2) is 0 Å². The average Bonchev–Trinajstić information content (AvgIpc) is 3.42. The molecule has 1 aromatic heterocycles. The van der Waals surface area contributed by atoms with Crippen molar-refractivity contribution >= 4 is 5.69 Å². The minimum absolute atomic E-state index is 0.173. The molecule has 0 unspecified atom stereocenters. The Labute approximate surface area is 201 Å². The third-order valence-corrected chi connectivity index (χ3v) is 7.13. The lowest BCUT2D eigenvalue weighted by atomic mass is 10.1. The van der Waals surface area contributed by atoms with Crippen molar-refractivity contribution in [2.45, 2.75) is 32.1 Å². The van der Waals surface area contributed by atoms with Gasteiger partial charge in [0.25, 0.3) is 0 Å². The second-order valence-corrected chi connectivity index (χ2v) is 9.44. The fourth-order valence-electron chi connectivity index (χ4n) is 5.07. The lowest BCUT2D eigenvalue weighted by Crippen LogP contribution is -2.47. The Morgan fingerprint density at radius 3 is 2.26 bits per heavy atom. The summed E-state index contributed by atoms with van der Waals surface area (Å²) in [7, 11) is 0. The van der Waals surface area contributed by atoms with E-state index in [4.69, 9.17) is 4.74 Å². The highest BCUT2D eigenvalue weighted by molar-refractivity contribution is 5.57. The summed E-state index contributed by atoms with van der Waals surface area (Å²) in [6, 6.07) is 20.2. The molecule has 0 bridgehead atoms. The Morgan fingerprint density at radius 2 is 1.56 bits per heavy atom. The molecule has 0 radical (unpaired) electrons. The van der Waals surface area contributed by atoms with Crippen LogP contribution < -0.4 is 15.2 Å². The molecule has 2 heterocycles. The van der Waals surface area contributed by atoms with Gasteiger partial charge in [-0.1, -0.05) is 61.4 Å². The second-order valence-electron chi connectivity index (χ2n) is 9.44. The largest absolute Gasteiger partial charge is 0.486 e. The minimum atomic E-state index is -0.173. The van der Waals surface area contributed by atoms with E-state index >= 15 is 0 Å². The number of anilines is 1. The zero-order valence-electron chi connectivity index (χ0n) is 19.8. The van der Waals surface area contributed by atoms with Crippen LogP contribution >= 0.6 is 0 Å². The monoisotopic (exact) mass is 458 g/mol. The van der Waals surface area contributed by atoms with Crippen molar-refractivity contribution in [2.24, 2.45) is 5.92 Å². The molecule has 0 atom stereocenters. The van der Waals surface area contributed by atoms with Crippen LogP contribution in [0.25, 0.3) is 5.69 Å². The molecule has 2 fully saturated rings. The van der Waals surface area contributed by atoms with E-state index in [1.807, 2.05) is 36.5 Å². The maximum atomic E-state index is 13.5. The summed E-state index contributed by atoms with van der Waals surface area (Å²) in [5, 5.41) is 4.53. The Hall–Kier alpha value is -3.12. The van der Waals surface area contributed by atoms with Crippen molar-refractivity contribution < 1.29 is 4.74 Å². The van der Waals surface area contributed by atoms with E-state index in [1.165, 1.54) is 35.9 Å². The molecule has 6 heteroatoms. The molecular formula is C28H34N4O2. The van der Waals surface area contributed by atoms with Crippen LogP contribution in [-0.2, 0) is 6.42 Å². The molecule has 0 N–H and O–H groups in total. The van der Waals surface area contributed by atoms with Gasteiger partial charge in [-0.15, -0.1) is 0 Å². The third-order valence-electron chi connectivity index (χ3n) is 7.13. The van der Waals surface area contributed by atoms with Crippen LogP contribution in [0.3, 0.4) is 0 Å². The van der Waals surface area contributed by atoms with Gasteiger partial charge in [0.1, 0.15) is 5.69 Å². The van der Waals surface area contributed by atoms with Crippen molar-refractivity contribution in [3.05, 3.63) is 82.8 Å². The first-order valence-electron chi connectivity index (χ1n) is 12.6. The summed E-state index contributed by atoms with van der Waals surface area (Å²) >= 11 is 0. The molecule has 1 saturated heterocycles. The number of hydrogen-bond acceptors (Lipinski definition) is 5. The van der Waals surface area contributed by atoms with Crippen molar-refractivity contribution in [1.82, 2.24) is 14.7 Å². The van der Waals surface area contributed by atoms with E-state index < -0.39 is 0 Å². The highest BCUT2D eigenvalue weighted by Crippen LogP contribution is 2.29. The lowest BCUT2D eigenvalue weighted by Gasteiger charge is -2.36. The SMILES string of the molecule is O=c1c(OCC2CCCC2)c(N2CCN(CCc3ccccc3)CC2)cnn1-c1ccccc1. The number of aromatic nitrogens is 2. The van der Waals surface area contributed by atoms with Gasteiger partial charge < -0.3 is 9.64 Å². The zero-order chi connectivity index (χ0) is 23.2. The Kier molecular flexibility index (Phi) is 7.25. The summed E-state index contributed by atoms with van der Waals surface area (Å²) in [6.07, 6.45) is 7.77. The predicted octanol–water partition coefficient (Wildman–Crippen LogP) is 4.17. The molecule has 34 heavy (non-hydrogen) atoms. The molecule has 0 amide bonds. The van der Waals surface area contributed by atoms with E-state index in [1.54, 1.807) is 0 Å². The molecule has 6 nitrogen and oxygen atoms in total.